The lowest BCUT2D eigenvalue weighted by Crippen LogP contribution is -2.51. The molecule has 1 aromatic heterocycles. The number of thiophene rings is 1. The summed E-state index contributed by atoms with van der Waals surface area (Å²) >= 11 is 1.56. The normalized spacial score (nSPS) is 24.1. The van der Waals surface area contributed by atoms with Crippen molar-refractivity contribution in [2.24, 2.45) is 0 Å². The summed E-state index contributed by atoms with van der Waals surface area (Å²) in [5.74, 6) is 0. The Hall–Kier alpha value is -1.07. The third-order valence-electron chi connectivity index (χ3n) is 4.00. The minimum atomic E-state index is -0.514. The average molecular weight is 325 g/mol. The highest BCUT2D eigenvalue weighted by molar-refractivity contribution is 7.10. The third kappa shape index (κ3) is 4.46. The molecule has 3 atom stereocenters. The van der Waals surface area contributed by atoms with Gasteiger partial charge in [-0.2, -0.15) is 0 Å². The van der Waals surface area contributed by atoms with Gasteiger partial charge in [-0.15, -0.1) is 11.3 Å². The van der Waals surface area contributed by atoms with Gasteiger partial charge in [0.25, 0.3) is 0 Å². The first-order chi connectivity index (χ1) is 10.3. The number of hydrogen-bond acceptors (Lipinski definition) is 4. The molecule has 4 nitrogen and oxygen atoms in total. The molecule has 0 aliphatic carbocycles. The molecule has 1 aromatic rings. The predicted molar refractivity (Wildman–Crippen MR) is 89.1 cm³/mol. The zero-order chi connectivity index (χ0) is 16.3. The number of amides is 1. The van der Waals surface area contributed by atoms with Crippen LogP contribution >= 0.6 is 11.3 Å². The number of hydrogen-bond donors (Lipinski definition) is 1. The number of likely N-dealkylation sites (tertiary alicyclic amines) is 1. The van der Waals surface area contributed by atoms with Gasteiger partial charge in [0.1, 0.15) is 5.60 Å². The molecule has 0 bridgehead atoms. The minimum absolute atomic E-state index is 0.0377. The Morgan fingerprint density at radius 3 is 2.82 bits per heavy atom. The smallest absolute Gasteiger partial charge is 0.410 e. The molecule has 22 heavy (non-hydrogen) atoms. The van der Waals surface area contributed by atoms with Gasteiger partial charge in [-0.3, -0.25) is 0 Å². The summed E-state index contributed by atoms with van der Waals surface area (Å²) in [6.45, 7) is 7.71. The largest absolute Gasteiger partial charge is 0.444 e. The van der Waals surface area contributed by atoms with Crippen LogP contribution in [0.3, 0.4) is 0 Å². The number of rotatable bonds is 3. The van der Waals surface area contributed by atoms with E-state index in [9.17, 15) is 9.90 Å². The van der Waals surface area contributed by atoms with E-state index in [-0.39, 0.29) is 18.2 Å². The molecule has 5 heteroatoms. The highest BCUT2D eigenvalue weighted by Gasteiger charge is 2.35. The van der Waals surface area contributed by atoms with E-state index >= 15 is 0 Å². The standard InChI is InChI=1S/C17H27NO3S/c1-12-7-5-8-13(11-14(19)15-9-6-10-22-15)18(12)16(20)21-17(2,3)4/h6,9-10,12-14,19H,5,7-8,11H2,1-4H3. The molecule has 0 saturated carbocycles. The first kappa shape index (κ1) is 17.3. The van der Waals surface area contributed by atoms with Crippen molar-refractivity contribution in [3.8, 4) is 0 Å². The zero-order valence-corrected chi connectivity index (χ0v) is 14.7. The summed E-state index contributed by atoms with van der Waals surface area (Å²) < 4.78 is 5.56. The number of carbonyl (C=O) groups excluding carboxylic acids is 1. The Bertz CT molecular complexity index is 481. The van der Waals surface area contributed by atoms with Gasteiger partial charge >= 0.3 is 6.09 Å². The van der Waals surface area contributed by atoms with Gasteiger partial charge in [0.2, 0.25) is 0 Å². The molecular formula is C17H27NO3S. The monoisotopic (exact) mass is 325 g/mol. The van der Waals surface area contributed by atoms with E-state index in [1.807, 2.05) is 43.2 Å². The second-order valence-corrected chi connectivity index (χ2v) is 8.07. The molecule has 1 N–H and O–H groups in total. The van der Waals surface area contributed by atoms with Gasteiger partial charge in [-0.1, -0.05) is 6.07 Å². The highest BCUT2D eigenvalue weighted by Crippen LogP contribution is 2.32. The van der Waals surface area contributed by atoms with Gasteiger partial charge in [0.05, 0.1) is 6.10 Å². The van der Waals surface area contributed by atoms with Crippen LogP contribution in [0.5, 0.6) is 0 Å². The van der Waals surface area contributed by atoms with Crippen molar-refractivity contribution in [2.45, 2.75) is 77.2 Å². The molecule has 3 unspecified atom stereocenters. The number of ether oxygens (including phenoxy) is 1. The van der Waals surface area contributed by atoms with Crippen molar-refractivity contribution >= 4 is 17.4 Å². The van der Waals surface area contributed by atoms with Crippen LogP contribution in [0.2, 0.25) is 0 Å². The number of carbonyl (C=O) groups is 1. The molecule has 0 aromatic carbocycles. The maximum absolute atomic E-state index is 12.5. The minimum Gasteiger partial charge on any atom is -0.444 e. The molecule has 1 fully saturated rings. The van der Waals surface area contributed by atoms with Crippen molar-refractivity contribution < 1.29 is 14.6 Å². The number of aliphatic hydroxyl groups is 1. The fraction of sp³-hybridized carbons (Fsp3) is 0.706. The maximum atomic E-state index is 12.5. The molecule has 2 rings (SSSR count). The molecule has 1 amide bonds. The molecule has 1 saturated heterocycles. The van der Waals surface area contributed by atoms with E-state index in [0.29, 0.717) is 6.42 Å². The lowest BCUT2D eigenvalue weighted by atomic mass is 9.93. The van der Waals surface area contributed by atoms with Gasteiger partial charge < -0.3 is 14.7 Å². The first-order valence-corrected chi connectivity index (χ1v) is 8.88. The quantitative estimate of drug-likeness (QED) is 0.899. The molecule has 1 aliphatic rings. The van der Waals surface area contributed by atoms with Crippen LogP contribution in [0.1, 0.15) is 64.4 Å². The molecule has 2 heterocycles. The Morgan fingerprint density at radius 2 is 2.23 bits per heavy atom. The lowest BCUT2D eigenvalue weighted by Gasteiger charge is -2.41. The summed E-state index contributed by atoms with van der Waals surface area (Å²) in [4.78, 5) is 15.3. The SMILES string of the molecule is CC1CCCC(CC(O)c2cccs2)N1C(=O)OC(C)(C)C. The fourth-order valence-electron chi connectivity index (χ4n) is 3.02. The van der Waals surface area contributed by atoms with Gasteiger partial charge in [-0.25, -0.2) is 4.79 Å². The summed E-state index contributed by atoms with van der Waals surface area (Å²) in [6, 6.07) is 4.08. The summed E-state index contributed by atoms with van der Waals surface area (Å²) in [7, 11) is 0. The topological polar surface area (TPSA) is 49.8 Å². The molecular weight excluding hydrogens is 298 g/mol. The van der Waals surface area contributed by atoms with Gasteiger partial charge in [0.15, 0.2) is 0 Å². The van der Waals surface area contributed by atoms with Gasteiger partial charge in [-0.05, 0) is 64.8 Å². The second kappa shape index (κ2) is 7.01. The van der Waals surface area contributed by atoms with Crippen molar-refractivity contribution in [3.05, 3.63) is 22.4 Å². The molecule has 124 valence electrons. The van der Waals surface area contributed by atoms with Crippen LogP contribution in [0.25, 0.3) is 0 Å². The predicted octanol–water partition coefficient (Wildman–Crippen LogP) is 4.35. The summed E-state index contributed by atoms with van der Waals surface area (Å²) in [6.07, 6.45) is 2.80. The van der Waals surface area contributed by atoms with Crippen LogP contribution in [0, 0.1) is 0 Å². The first-order valence-electron chi connectivity index (χ1n) is 8.00. The maximum Gasteiger partial charge on any atom is 0.410 e. The highest BCUT2D eigenvalue weighted by atomic mass is 32.1. The fourth-order valence-corrected chi connectivity index (χ4v) is 3.74. The van der Waals surface area contributed by atoms with E-state index in [1.165, 1.54) is 0 Å². The van der Waals surface area contributed by atoms with Crippen LogP contribution < -0.4 is 0 Å². The van der Waals surface area contributed by atoms with Gasteiger partial charge in [0, 0.05) is 17.0 Å². The number of nitrogens with zero attached hydrogens (tertiary/aromatic N) is 1. The zero-order valence-electron chi connectivity index (χ0n) is 13.9. The van der Waals surface area contributed by atoms with E-state index in [0.717, 1.165) is 24.1 Å². The molecule has 0 spiro atoms. The third-order valence-corrected chi connectivity index (χ3v) is 4.97. The van der Waals surface area contributed by atoms with Crippen LogP contribution in [-0.2, 0) is 4.74 Å². The van der Waals surface area contributed by atoms with Crippen LogP contribution in [-0.4, -0.2) is 33.8 Å². The summed E-state index contributed by atoms with van der Waals surface area (Å²) in [5.41, 5.74) is -0.495. The number of aliphatic hydroxyl groups excluding tert-OH is 1. The van der Waals surface area contributed by atoms with Crippen molar-refractivity contribution in [1.82, 2.24) is 4.90 Å². The van der Waals surface area contributed by atoms with Crippen LogP contribution in [0.15, 0.2) is 17.5 Å². The second-order valence-electron chi connectivity index (χ2n) is 7.09. The van der Waals surface area contributed by atoms with E-state index in [2.05, 4.69) is 6.92 Å². The van der Waals surface area contributed by atoms with Crippen LogP contribution in [0.4, 0.5) is 4.79 Å². The molecule has 0 radical (unpaired) electrons. The molecule has 1 aliphatic heterocycles. The lowest BCUT2D eigenvalue weighted by molar-refractivity contribution is -0.0110. The van der Waals surface area contributed by atoms with Crippen molar-refractivity contribution in [1.29, 1.82) is 0 Å². The van der Waals surface area contributed by atoms with Crippen molar-refractivity contribution in [2.75, 3.05) is 0 Å². The van der Waals surface area contributed by atoms with E-state index < -0.39 is 11.7 Å². The Kier molecular flexibility index (Phi) is 5.50. The Morgan fingerprint density at radius 1 is 1.50 bits per heavy atom. The van der Waals surface area contributed by atoms with E-state index in [1.54, 1.807) is 11.3 Å². The number of piperidine rings is 1. The van der Waals surface area contributed by atoms with Crippen molar-refractivity contribution in [3.63, 3.8) is 0 Å². The van der Waals surface area contributed by atoms with E-state index in [4.69, 9.17) is 4.74 Å². The summed E-state index contributed by atoms with van der Waals surface area (Å²) in [5, 5.41) is 12.4. The Balaban J connectivity index is 2.07. The average Bonchev–Trinajstić information content (AvgIpc) is 2.90. The Labute approximate surface area is 137 Å².